The summed E-state index contributed by atoms with van der Waals surface area (Å²) in [5, 5.41) is 8.59. The van der Waals surface area contributed by atoms with Crippen molar-refractivity contribution in [1.82, 2.24) is 4.90 Å². The lowest BCUT2D eigenvalue weighted by atomic mass is 10.1. The molecule has 11 heteroatoms. The maximum absolute atomic E-state index is 12.3. The number of alkyl halides is 6. The lowest BCUT2D eigenvalue weighted by molar-refractivity contribution is -0.250. The molecule has 2 atom stereocenters. The molecule has 1 amide bonds. The van der Waals surface area contributed by atoms with Crippen molar-refractivity contribution in [3.05, 3.63) is 0 Å². The number of aliphatic carboxylic acids is 1. The van der Waals surface area contributed by atoms with E-state index in [0.717, 1.165) is 0 Å². The summed E-state index contributed by atoms with van der Waals surface area (Å²) in [6, 6.07) is -2.10. The smallest absolute Gasteiger partial charge is 0.471 e. The predicted octanol–water partition coefficient (Wildman–Crippen LogP) is 0.792. The Kier molecular flexibility index (Phi) is 3.98. The Morgan fingerprint density at radius 3 is 2.05 bits per heavy atom. The highest BCUT2D eigenvalue weighted by atomic mass is 19.4. The van der Waals surface area contributed by atoms with Gasteiger partial charge in [0.25, 0.3) is 0 Å². The number of carbonyl (C=O) groups is 2. The van der Waals surface area contributed by atoms with Gasteiger partial charge in [-0.1, -0.05) is 0 Å². The van der Waals surface area contributed by atoms with Gasteiger partial charge < -0.3 is 14.7 Å². The van der Waals surface area contributed by atoms with Crippen molar-refractivity contribution in [3.63, 3.8) is 0 Å². The number of morpholine rings is 1. The molecule has 0 radical (unpaired) electrons. The van der Waals surface area contributed by atoms with Gasteiger partial charge in [0.05, 0.1) is 13.2 Å². The minimum Gasteiger partial charge on any atom is -0.480 e. The van der Waals surface area contributed by atoms with E-state index in [0.29, 0.717) is 0 Å². The summed E-state index contributed by atoms with van der Waals surface area (Å²) >= 11 is 0. The number of hydrogen-bond acceptors (Lipinski definition) is 3. The molecule has 1 aliphatic heterocycles. The van der Waals surface area contributed by atoms with Crippen LogP contribution in [0.15, 0.2) is 0 Å². The molecule has 0 aliphatic carbocycles. The average Bonchev–Trinajstić information content (AvgIpc) is 2.24. The maximum atomic E-state index is 12.3. The van der Waals surface area contributed by atoms with Crippen LogP contribution in [0.5, 0.6) is 0 Å². The van der Waals surface area contributed by atoms with Crippen LogP contribution in [-0.4, -0.2) is 59.5 Å². The van der Waals surface area contributed by atoms with Gasteiger partial charge in [0.15, 0.2) is 12.1 Å². The highest BCUT2D eigenvalue weighted by Gasteiger charge is 2.53. The van der Waals surface area contributed by atoms with E-state index in [2.05, 4.69) is 4.74 Å². The zero-order valence-corrected chi connectivity index (χ0v) is 8.96. The number of carboxylic acid groups (broad SMARTS) is 1. The van der Waals surface area contributed by atoms with E-state index in [1.807, 2.05) is 0 Å². The average molecular weight is 295 g/mol. The molecule has 0 unspecified atom stereocenters. The van der Waals surface area contributed by atoms with E-state index in [1.165, 1.54) is 0 Å². The van der Waals surface area contributed by atoms with E-state index in [1.54, 1.807) is 0 Å². The van der Waals surface area contributed by atoms with Crippen molar-refractivity contribution in [2.75, 3.05) is 13.2 Å². The first-order valence-electron chi connectivity index (χ1n) is 4.73. The van der Waals surface area contributed by atoms with Crippen LogP contribution in [0.4, 0.5) is 26.3 Å². The SMILES string of the molecule is O=C(O)[C@@H]1CO[C@H](C(F)(F)F)CN1C(=O)C(F)(F)F. The lowest BCUT2D eigenvalue weighted by Crippen LogP contribution is -2.61. The number of ether oxygens (including phenoxy) is 1. The summed E-state index contributed by atoms with van der Waals surface area (Å²) < 4.78 is 77.6. The van der Waals surface area contributed by atoms with Crippen LogP contribution in [0.25, 0.3) is 0 Å². The number of amides is 1. The highest BCUT2D eigenvalue weighted by Crippen LogP contribution is 2.30. The third-order valence-corrected chi connectivity index (χ3v) is 2.35. The van der Waals surface area contributed by atoms with Crippen molar-refractivity contribution in [2.45, 2.75) is 24.5 Å². The van der Waals surface area contributed by atoms with Crippen LogP contribution in [0, 0.1) is 0 Å². The second-order valence-electron chi connectivity index (χ2n) is 3.67. The molecule has 0 spiro atoms. The minimum atomic E-state index is -5.46. The lowest BCUT2D eigenvalue weighted by Gasteiger charge is -2.38. The highest BCUT2D eigenvalue weighted by molar-refractivity contribution is 5.87. The van der Waals surface area contributed by atoms with Gasteiger partial charge in [-0.3, -0.25) is 4.79 Å². The van der Waals surface area contributed by atoms with Gasteiger partial charge in [0.2, 0.25) is 0 Å². The molecule has 0 aromatic carbocycles. The van der Waals surface area contributed by atoms with Crippen LogP contribution in [0.1, 0.15) is 0 Å². The van der Waals surface area contributed by atoms with Crippen LogP contribution in [0.3, 0.4) is 0 Å². The van der Waals surface area contributed by atoms with Crippen molar-refractivity contribution in [1.29, 1.82) is 0 Å². The molecule has 1 saturated heterocycles. The Bertz CT molecular complexity index is 378. The number of carbonyl (C=O) groups excluding carboxylic acids is 1. The summed E-state index contributed by atoms with van der Waals surface area (Å²) in [5.74, 6) is -4.52. The van der Waals surface area contributed by atoms with E-state index in [4.69, 9.17) is 5.11 Å². The van der Waals surface area contributed by atoms with Crippen molar-refractivity contribution in [2.24, 2.45) is 0 Å². The molecule has 0 aromatic rings. The van der Waals surface area contributed by atoms with Gasteiger partial charge in [-0.15, -0.1) is 0 Å². The fraction of sp³-hybridized carbons (Fsp3) is 0.750. The Hall–Kier alpha value is -1.52. The molecule has 19 heavy (non-hydrogen) atoms. The Labute approximate surface area is 101 Å². The standard InChI is InChI=1S/C8H7F6NO4/c9-7(10,11)4-1-15(6(18)8(12,13)14)3(2-19-4)5(16)17/h3-4H,1-2H2,(H,16,17)/t3-,4-/m0/s1. The zero-order chi connectivity index (χ0) is 15.0. The fourth-order valence-electron chi connectivity index (χ4n) is 1.45. The van der Waals surface area contributed by atoms with E-state index in [-0.39, 0.29) is 4.90 Å². The van der Waals surface area contributed by atoms with Gasteiger partial charge in [-0.2, -0.15) is 26.3 Å². The van der Waals surface area contributed by atoms with Gasteiger partial charge in [0.1, 0.15) is 0 Å². The van der Waals surface area contributed by atoms with Crippen LogP contribution in [0.2, 0.25) is 0 Å². The molecular weight excluding hydrogens is 288 g/mol. The summed E-state index contributed by atoms with van der Waals surface area (Å²) in [7, 11) is 0. The Morgan fingerprint density at radius 1 is 1.16 bits per heavy atom. The quantitative estimate of drug-likeness (QED) is 0.726. The molecule has 1 aliphatic rings. The van der Waals surface area contributed by atoms with Gasteiger partial charge in [-0.25, -0.2) is 4.79 Å². The predicted molar refractivity (Wildman–Crippen MR) is 45.0 cm³/mol. The zero-order valence-electron chi connectivity index (χ0n) is 8.96. The van der Waals surface area contributed by atoms with E-state index >= 15 is 0 Å². The molecule has 0 saturated carbocycles. The first-order chi connectivity index (χ1) is 8.44. The maximum Gasteiger partial charge on any atom is 0.471 e. The molecular formula is C8H7F6NO4. The normalized spacial score (nSPS) is 25.3. The third-order valence-electron chi connectivity index (χ3n) is 2.35. The van der Waals surface area contributed by atoms with Gasteiger partial charge in [0, 0.05) is 0 Å². The van der Waals surface area contributed by atoms with E-state index < -0.39 is 49.5 Å². The molecule has 0 bridgehead atoms. The van der Waals surface area contributed by atoms with E-state index in [9.17, 15) is 35.9 Å². The molecule has 5 nitrogen and oxygen atoms in total. The molecule has 1 rings (SSSR count). The first kappa shape index (κ1) is 15.5. The molecule has 0 aromatic heterocycles. The van der Waals surface area contributed by atoms with Crippen LogP contribution < -0.4 is 0 Å². The molecule has 1 N–H and O–H groups in total. The number of halogens is 6. The number of carboxylic acids is 1. The second kappa shape index (κ2) is 4.87. The fourth-order valence-corrected chi connectivity index (χ4v) is 1.45. The first-order valence-corrected chi connectivity index (χ1v) is 4.73. The summed E-state index contributed by atoms with van der Waals surface area (Å²) in [4.78, 5) is 21.2. The monoisotopic (exact) mass is 295 g/mol. The van der Waals surface area contributed by atoms with Crippen molar-refractivity contribution < 1.29 is 45.8 Å². The Morgan fingerprint density at radius 2 is 1.68 bits per heavy atom. The second-order valence-corrected chi connectivity index (χ2v) is 3.67. The molecule has 110 valence electrons. The molecule has 1 fully saturated rings. The Balaban J connectivity index is 2.98. The minimum absolute atomic E-state index is 0.385. The number of nitrogens with zero attached hydrogens (tertiary/aromatic N) is 1. The van der Waals surface area contributed by atoms with Crippen LogP contribution >= 0.6 is 0 Å². The van der Waals surface area contributed by atoms with Gasteiger partial charge in [-0.05, 0) is 0 Å². The van der Waals surface area contributed by atoms with Crippen molar-refractivity contribution >= 4 is 11.9 Å². The topological polar surface area (TPSA) is 66.8 Å². The largest absolute Gasteiger partial charge is 0.480 e. The number of rotatable bonds is 1. The summed E-state index contributed by atoms with van der Waals surface area (Å²) in [6.07, 6.45) is -13.1. The third kappa shape index (κ3) is 3.49. The molecule has 1 heterocycles. The summed E-state index contributed by atoms with van der Waals surface area (Å²) in [5.41, 5.74) is 0. The van der Waals surface area contributed by atoms with Gasteiger partial charge >= 0.3 is 24.2 Å². The summed E-state index contributed by atoms with van der Waals surface area (Å²) in [6.45, 7) is -2.68. The number of hydrogen-bond donors (Lipinski definition) is 1. The van der Waals surface area contributed by atoms with Crippen molar-refractivity contribution in [3.8, 4) is 0 Å². The van der Waals surface area contributed by atoms with Crippen LogP contribution in [-0.2, 0) is 14.3 Å².